The van der Waals surface area contributed by atoms with E-state index in [0.717, 1.165) is 56.7 Å². The summed E-state index contributed by atoms with van der Waals surface area (Å²) in [7, 11) is 0. The summed E-state index contributed by atoms with van der Waals surface area (Å²) in [5, 5.41) is 11.0. The number of aromatic amines is 2. The third kappa shape index (κ3) is 3.45. The van der Waals surface area contributed by atoms with Gasteiger partial charge in [0.05, 0.1) is 28.1 Å². The first-order valence-electron chi connectivity index (χ1n) is 10.9. The number of nitrogens with zero attached hydrogens (tertiary/aromatic N) is 5. The fraction of sp³-hybridized carbons (Fsp3) is 0.160. The Bertz CT molecular complexity index is 1550. The van der Waals surface area contributed by atoms with E-state index in [2.05, 4.69) is 68.6 Å². The highest BCUT2D eigenvalue weighted by molar-refractivity contribution is 5.95. The Kier molecular flexibility index (Phi) is 4.50. The molecular formula is C25H22N8. The van der Waals surface area contributed by atoms with Crippen molar-refractivity contribution in [3.63, 3.8) is 0 Å². The van der Waals surface area contributed by atoms with Crippen molar-refractivity contribution < 1.29 is 0 Å². The van der Waals surface area contributed by atoms with Gasteiger partial charge < -0.3 is 10.3 Å². The first-order valence-corrected chi connectivity index (χ1v) is 10.9. The van der Waals surface area contributed by atoms with Crippen LogP contribution >= 0.6 is 0 Å². The molecule has 162 valence electrons. The molecule has 5 aromatic heterocycles. The summed E-state index contributed by atoms with van der Waals surface area (Å²) in [6, 6.07) is 8.27. The zero-order valence-electron chi connectivity index (χ0n) is 18.3. The van der Waals surface area contributed by atoms with E-state index in [4.69, 9.17) is 9.97 Å². The molecule has 0 aliphatic heterocycles. The normalized spacial score (nSPS) is 13.4. The standard InChI is InChI=1S/C25H22N8/c1-14(2)28-17-11-16(12-26-13-17)18-7-8-20-23(29-18)24(33-32-20)25-30-19-9-10-27-21(22(19)31-25)15-5-3-4-6-15/h3,5-14,28H,4H2,1-2H3,(H,30,31)(H,32,33). The summed E-state index contributed by atoms with van der Waals surface area (Å²) < 4.78 is 0. The minimum Gasteiger partial charge on any atom is -0.382 e. The quantitative estimate of drug-likeness (QED) is 0.354. The van der Waals surface area contributed by atoms with Crippen LogP contribution in [0.5, 0.6) is 0 Å². The number of anilines is 1. The van der Waals surface area contributed by atoms with Crippen molar-refractivity contribution in [2.24, 2.45) is 0 Å². The molecule has 1 aliphatic rings. The van der Waals surface area contributed by atoms with Crippen LogP contribution in [0.4, 0.5) is 5.69 Å². The van der Waals surface area contributed by atoms with Crippen molar-refractivity contribution in [1.82, 2.24) is 35.1 Å². The average Bonchev–Trinajstić information content (AvgIpc) is 3.57. The fourth-order valence-electron chi connectivity index (χ4n) is 4.11. The molecule has 8 heteroatoms. The molecule has 0 fully saturated rings. The molecule has 8 nitrogen and oxygen atoms in total. The van der Waals surface area contributed by atoms with Gasteiger partial charge in [-0.1, -0.05) is 18.2 Å². The van der Waals surface area contributed by atoms with Crippen LogP contribution in [0.15, 0.2) is 61.1 Å². The van der Waals surface area contributed by atoms with Gasteiger partial charge in [-0.3, -0.25) is 15.1 Å². The number of aromatic nitrogens is 7. The molecule has 5 aromatic rings. The second-order valence-electron chi connectivity index (χ2n) is 8.36. The van der Waals surface area contributed by atoms with Crippen LogP contribution in [0.3, 0.4) is 0 Å². The number of allylic oxidation sites excluding steroid dienone is 4. The van der Waals surface area contributed by atoms with E-state index in [9.17, 15) is 0 Å². The van der Waals surface area contributed by atoms with E-state index in [1.165, 1.54) is 0 Å². The van der Waals surface area contributed by atoms with Crippen molar-refractivity contribution in [2.45, 2.75) is 26.3 Å². The molecule has 3 N–H and O–H groups in total. The molecule has 0 saturated heterocycles. The molecule has 0 radical (unpaired) electrons. The summed E-state index contributed by atoms with van der Waals surface area (Å²) in [6.07, 6.45) is 12.7. The van der Waals surface area contributed by atoms with Crippen molar-refractivity contribution in [1.29, 1.82) is 0 Å². The molecule has 0 bridgehead atoms. The Morgan fingerprint density at radius 3 is 2.76 bits per heavy atom. The number of H-pyrrole nitrogens is 2. The van der Waals surface area contributed by atoms with Gasteiger partial charge in [-0.05, 0) is 50.1 Å². The first-order chi connectivity index (χ1) is 16.2. The fourth-order valence-corrected chi connectivity index (χ4v) is 4.11. The zero-order valence-corrected chi connectivity index (χ0v) is 18.3. The van der Waals surface area contributed by atoms with Crippen LogP contribution in [0.1, 0.15) is 26.0 Å². The smallest absolute Gasteiger partial charge is 0.161 e. The van der Waals surface area contributed by atoms with Crippen LogP contribution in [-0.2, 0) is 0 Å². The lowest BCUT2D eigenvalue weighted by Crippen LogP contribution is -2.09. The molecule has 6 rings (SSSR count). The summed E-state index contributed by atoms with van der Waals surface area (Å²) >= 11 is 0. The van der Waals surface area contributed by atoms with Gasteiger partial charge in [0.15, 0.2) is 11.5 Å². The lowest BCUT2D eigenvalue weighted by Gasteiger charge is -2.10. The van der Waals surface area contributed by atoms with E-state index >= 15 is 0 Å². The molecule has 5 heterocycles. The Morgan fingerprint density at radius 1 is 1.00 bits per heavy atom. The van der Waals surface area contributed by atoms with Crippen LogP contribution in [0.2, 0.25) is 0 Å². The first kappa shape index (κ1) is 19.4. The Labute approximate surface area is 189 Å². The highest BCUT2D eigenvalue weighted by Crippen LogP contribution is 2.31. The Hall–Kier alpha value is -4.33. The van der Waals surface area contributed by atoms with E-state index in [0.29, 0.717) is 17.6 Å². The van der Waals surface area contributed by atoms with Crippen molar-refractivity contribution in [2.75, 3.05) is 5.32 Å². The van der Waals surface area contributed by atoms with Gasteiger partial charge in [0, 0.05) is 30.2 Å². The molecule has 0 unspecified atom stereocenters. The Balaban J connectivity index is 1.45. The minimum atomic E-state index is 0.320. The van der Waals surface area contributed by atoms with Gasteiger partial charge in [-0.2, -0.15) is 5.10 Å². The highest BCUT2D eigenvalue weighted by Gasteiger charge is 2.18. The maximum absolute atomic E-state index is 4.91. The molecular weight excluding hydrogens is 412 g/mol. The summed E-state index contributed by atoms with van der Waals surface area (Å²) in [5.41, 5.74) is 8.71. The van der Waals surface area contributed by atoms with Gasteiger partial charge in [0.1, 0.15) is 11.0 Å². The Morgan fingerprint density at radius 2 is 1.91 bits per heavy atom. The number of hydrogen-bond donors (Lipinski definition) is 3. The number of pyridine rings is 3. The summed E-state index contributed by atoms with van der Waals surface area (Å²) in [5.74, 6) is 0.658. The van der Waals surface area contributed by atoms with Gasteiger partial charge in [-0.25, -0.2) is 9.97 Å². The van der Waals surface area contributed by atoms with Crippen molar-refractivity contribution in [3.8, 4) is 22.8 Å². The van der Waals surface area contributed by atoms with Crippen LogP contribution in [0.25, 0.3) is 50.4 Å². The maximum atomic E-state index is 4.91. The van der Waals surface area contributed by atoms with E-state index < -0.39 is 0 Å². The summed E-state index contributed by atoms with van der Waals surface area (Å²) in [6.45, 7) is 4.20. The van der Waals surface area contributed by atoms with Gasteiger partial charge in [-0.15, -0.1) is 0 Å². The third-order valence-electron chi connectivity index (χ3n) is 5.57. The average molecular weight is 435 g/mol. The third-order valence-corrected chi connectivity index (χ3v) is 5.57. The van der Waals surface area contributed by atoms with Crippen molar-refractivity contribution in [3.05, 3.63) is 66.8 Å². The second-order valence-corrected chi connectivity index (χ2v) is 8.36. The second kappa shape index (κ2) is 7.67. The maximum Gasteiger partial charge on any atom is 0.161 e. The molecule has 1 aliphatic carbocycles. The van der Waals surface area contributed by atoms with E-state index in [1.54, 1.807) is 6.20 Å². The van der Waals surface area contributed by atoms with Gasteiger partial charge in [0.25, 0.3) is 0 Å². The predicted molar refractivity (Wildman–Crippen MR) is 130 cm³/mol. The SMILES string of the molecule is CC(C)Nc1cncc(-c2ccc3[nH]nc(-c4nc5c(C6=CCC=C6)nccc5[nH]4)c3n2)c1. The highest BCUT2D eigenvalue weighted by atomic mass is 15.2. The van der Waals surface area contributed by atoms with Crippen LogP contribution < -0.4 is 5.32 Å². The van der Waals surface area contributed by atoms with Crippen molar-refractivity contribution >= 4 is 33.3 Å². The van der Waals surface area contributed by atoms with Gasteiger partial charge >= 0.3 is 0 Å². The van der Waals surface area contributed by atoms with Crippen LogP contribution in [-0.4, -0.2) is 41.2 Å². The number of hydrogen-bond acceptors (Lipinski definition) is 6. The number of rotatable bonds is 5. The monoisotopic (exact) mass is 434 g/mol. The largest absolute Gasteiger partial charge is 0.382 e. The zero-order chi connectivity index (χ0) is 22.4. The molecule has 0 saturated carbocycles. The lowest BCUT2D eigenvalue weighted by molar-refractivity contribution is 0.898. The topological polar surface area (TPSA) is 108 Å². The number of fused-ring (bicyclic) bond motifs is 2. The summed E-state index contributed by atoms with van der Waals surface area (Å²) in [4.78, 5) is 22.1. The predicted octanol–water partition coefficient (Wildman–Crippen LogP) is 5.12. The van der Waals surface area contributed by atoms with Gasteiger partial charge in [0.2, 0.25) is 0 Å². The molecule has 0 amide bonds. The van der Waals surface area contributed by atoms with E-state index in [1.807, 2.05) is 30.6 Å². The van der Waals surface area contributed by atoms with E-state index in [-0.39, 0.29) is 0 Å². The minimum absolute atomic E-state index is 0.320. The molecule has 0 spiro atoms. The van der Waals surface area contributed by atoms with Crippen LogP contribution in [0, 0.1) is 0 Å². The molecule has 0 aromatic carbocycles. The molecule has 33 heavy (non-hydrogen) atoms. The number of nitrogens with one attached hydrogen (secondary N) is 3. The molecule has 0 atom stereocenters. The lowest BCUT2D eigenvalue weighted by atomic mass is 10.1. The number of imidazole rings is 1.